The molecule has 7 nitrogen and oxygen atoms in total. The van der Waals surface area contributed by atoms with Crippen LogP contribution in [0.15, 0.2) is 17.4 Å². The molecule has 0 radical (unpaired) electrons. The number of ether oxygens (including phenoxy) is 1. The van der Waals surface area contributed by atoms with Gasteiger partial charge in [-0.25, -0.2) is 14.4 Å². The van der Waals surface area contributed by atoms with Crippen molar-refractivity contribution in [2.24, 2.45) is 0 Å². The van der Waals surface area contributed by atoms with Gasteiger partial charge in [0.15, 0.2) is 17.4 Å². The van der Waals surface area contributed by atoms with E-state index in [1.807, 2.05) is 0 Å². The predicted octanol–water partition coefficient (Wildman–Crippen LogP) is -0.263. The highest BCUT2D eigenvalue weighted by atomic mass is 19.1. The third-order valence-electron chi connectivity index (χ3n) is 2.97. The number of aliphatic hydroxyl groups is 1. The predicted molar refractivity (Wildman–Crippen MR) is 58.7 cm³/mol. The highest BCUT2D eigenvalue weighted by molar-refractivity contribution is 5.68. The van der Waals surface area contributed by atoms with Gasteiger partial charge in [0.2, 0.25) is 0 Å². The fourth-order valence-electron chi connectivity index (χ4n) is 2.11. The molecule has 1 aliphatic heterocycles. The molecule has 0 aromatic carbocycles. The van der Waals surface area contributed by atoms with Crippen molar-refractivity contribution in [3.63, 3.8) is 0 Å². The van der Waals surface area contributed by atoms with Gasteiger partial charge in [0.1, 0.15) is 6.17 Å². The lowest BCUT2D eigenvalue weighted by Crippen LogP contribution is -2.17. The summed E-state index contributed by atoms with van der Waals surface area (Å²) in [4.78, 5) is 21.7. The van der Waals surface area contributed by atoms with E-state index in [0.717, 1.165) is 0 Å². The van der Waals surface area contributed by atoms with Crippen LogP contribution in [0.1, 0.15) is 12.6 Å². The molecule has 0 bridgehead atoms. The first kappa shape index (κ1) is 11.3. The maximum atomic E-state index is 13.8. The lowest BCUT2D eigenvalue weighted by Gasteiger charge is -2.14. The second kappa shape index (κ2) is 4.14. The fraction of sp³-hybridized carbons (Fsp3) is 0.500. The molecular formula is C10H11FN4O3. The number of nitrogens with one attached hydrogen (secondary N) is 1. The average Bonchev–Trinajstić information content (AvgIpc) is 2.93. The van der Waals surface area contributed by atoms with Crippen molar-refractivity contribution < 1.29 is 14.2 Å². The molecule has 2 aromatic heterocycles. The maximum absolute atomic E-state index is 13.8. The quantitative estimate of drug-likeness (QED) is 0.770. The van der Waals surface area contributed by atoms with E-state index in [4.69, 9.17) is 9.84 Å². The van der Waals surface area contributed by atoms with Gasteiger partial charge in [-0.2, -0.15) is 0 Å². The van der Waals surface area contributed by atoms with Gasteiger partial charge in [-0.1, -0.05) is 0 Å². The molecule has 96 valence electrons. The van der Waals surface area contributed by atoms with Gasteiger partial charge in [-0.05, 0) is 0 Å². The summed E-state index contributed by atoms with van der Waals surface area (Å²) in [6.07, 6.45) is -0.0331. The number of alkyl halides is 1. The second-order valence-corrected chi connectivity index (χ2v) is 4.14. The number of hydrogen-bond acceptors (Lipinski definition) is 5. The Kier molecular flexibility index (Phi) is 2.60. The van der Waals surface area contributed by atoms with Crippen molar-refractivity contribution >= 4 is 11.2 Å². The number of rotatable bonds is 2. The number of hydrogen-bond donors (Lipinski definition) is 2. The number of imidazole rings is 1. The maximum Gasteiger partial charge on any atom is 0.278 e. The van der Waals surface area contributed by atoms with Crippen LogP contribution in [0.25, 0.3) is 11.2 Å². The molecule has 1 aliphatic rings. The molecular weight excluding hydrogens is 243 g/mol. The van der Waals surface area contributed by atoms with E-state index in [1.54, 1.807) is 0 Å². The Balaban J connectivity index is 2.05. The first-order chi connectivity index (χ1) is 8.70. The third kappa shape index (κ3) is 1.61. The fourth-order valence-corrected chi connectivity index (χ4v) is 2.11. The molecule has 2 aromatic rings. The van der Waals surface area contributed by atoms with Gasteiger partial charge in [0, 0.05) is 6.42 Å². The van der Waals surface area contributed by atoms with Gasteiger partial charge in [0.25, 0.3) is 5.56 Å². The summed E-state index contributed by atoms with van der Waals surface area (Å²) < 4.78 is 20.6. The smallest absolute Gasteiger partial charge is 0.278 e. The largest absolute Gasteiger partial charge is 0.394 e. The molecule has 2 unspecified atom stereocenters. The van der Waals surface area contributed by atoms with Crippen LogP contribution in [-0.4, -0.2) is 43.5 Å². The van der Waals surface area contributed by atoms with Crippen LogP contribution in [0.4, 0.5) is 4.39 Å². The van der Waals surface area contributed by atoms with Gasteiger partial charge in [0.05, 0.1) is 25.4 Å². The second-order valence-electron chi connectivity index (χ2n) is 4.14. The van der Waals surface area contributed by atoms with Crippen molar-refractivity contribution in [2.45, 2.75) is 24.9 Å². The number of aromatic amines is 1. The summed E-state index contributed by atoms with van der Waals surface area (Å²) in [5.41, 5.74) is 0.0246. The van der Waals surface area contributed by atoms with E-state index in [1.165, 1.54) is 17.2 Å². The number of aromatic nitrogens is 4. The van der Waals surface area contributed by atoms with Gasteiger partial charge in [-0.15, -0.1) is 0 Å². The van der Waals surface area contributed by atoms with Gasteiger partial charge in [-0.3, -0.25) is 9.36 Å². The van der Waals surface area contributed by atoms with Crippen molar-refractivity contribution in [2.75, 3.05) is 6.61 Å². The molecule has 0 saturated carbocycles. The number of fused-ring (bicyclic) bond motifs is 1. The molecule has 18 heavy (non-hydrogen) atoms. The minimum atomic E-state index is -1.26. The van der Waals surface area contributed by atoms with E-state index in [9.17, 15) is 9.18 Å². The number of nitrogens with zero attached hydrogens (tertiary/aromatic N) is 3. The molecule has 1 saturated heterocycles. The first-order valence-electron chi connectivity index (χ1n) is 5.51. The monoisotopic (exact) mass is 254 g/mol. The summed E-state index contributed by atoms with van der Waals surface area (Å²) in [6, 6.07) is 0. The van der Waals surface area contributed by atoms with Crippen LogP contribution in [0.2, 0.25) is 0 Å². The zero-order chi connectivity index (χ0) is 12.7. The van der Waals surface area contributed by atoms with Crippen molar-refractivity contribution in [1.82, 2.24) is 19.5 Å². The average molecular weight is 254 g/mol. The standard InChI is InChI=1S/C10H11FN4O3/c11-6-1-5(2-16)18-10(6)15-4-14-7-8(15)12-3-13-9(7)17/h3-6,10,16H,1-2H2,(H,12,13,17)/t5?,6-,10?/m1/s1. The van der Waals surface area contributed by atoms with Gasteiger partial charge >= 0.3 is 0 Å². The minimum Gasteiger partial charge on any atom is -0.394 e. The van der Waals surface area contributed by atoms with Crippen LogP contribution >= 0.6 is 0 Å². The number of H-pyrrole nitrogens is 1. The lowest BCUT2D eigenvalue weighted by molar-refractivity contribution is -0.0351. The van der Waals surface area contributed by atoms with E-state index in [2.05, 4.69) is 15.0 Å². The summed E-state index contributed by atoms with van der Waals surface area (Å²) in [5, 5.41) is 8.97. The molecule has 3 heterocycles. The van der Waals surface area contributed by atoms with Crippen LogP contribution in [-0.2, 0) is 4.74 Å². The summed E-state index contributed by atoms with van der Waals surface area (Å²) in [7, 11) is 0. The Morgan fingerprint density at radius 1 is 1.61 bits per heavy atom. The molecule has 0 spiro atoms. The van der Waals surface area contributed by atoms with E-state index < -0.39 is 18.5 Å². The SMILES string of the molecule is O=c1[nH]cnc2c1ncn2C1OC(CO)C[C@H]1F. The van der Waals surface area contributed by atoms with Crippen molar-refractivity contribution in [3.8, 4) is 0 Å². The molecule has 8 heteroatoms. The normalized spacial score (nSPS) is 28.0. The topological polar surface area (TPSA) is 93.0 Å². The van der Waals surface area contributed by atoms with E-state index in [-0.39, 0.29) is 29.8 Å². The highest BCUT2D eigenvalue weighted by Crippen LogP contribution is 2.32. The zero-order valence-electron chi connectivity index (χ0n) is 9.28. The molecule has 3 rings (SSSR count). The number of aliphatic hydroxyl groups excluding tert-OH is 1. The molecule has 1 fully saturated rings. The zero-order valence-corrected chi connectivity index (χ0v) is 9.28. The Hall–Kier alpha value is -1.80. The number of halogens is 1. The van der Waals surface area contributed by atoms with E-state index >= 15 is 0 Å². The van der Waals surface area contributed by atoms with Gasteiger partial charge < -0.3 is 14.8 Å². The summed E-state index contributed by atoms with van der Waals surface area (Å²) in [6.45, 7) is -0.239. The van der Waals surface area contributed by atoms with Crippen LogP contribution in [0, 0.1) is 0 Å². The lowest BCUT2D eigenvalue weighted by atomic mass is 10.2. The Bertz CT molecular complexity index is 625. The Morgan fingerprint density at radius 3 is 3.17 bits per heavy atom. The highest BCUT2D eigenvalue weighted by Gasteiger charge is 2.37. The molecule has 2 N–H and O–H groups in total. The van der Waals surface area contributed by atoms with Crippen LogP contribution in [0.3, 0.4) is 0 Å². The first-order valence-corrected chi connectivity index (χ1v) is 5.51. The van der Waals surface area contributed by atoms with Crippen molar-refractivity contribution in [3.05, 3.63) is 23.0 Å². The van der Waals surface area contributed by atoms with Crippen molar-refractivity contribution in [1.29, 1.82) is 0 Å². The minimum absolute atomic E-state index is 0.115. The molecule has 0 amide bonds. The summed E-state index contributed by atoms with van der Waals surface area (Å²) in [5.74, 6) is 0. The van der Waals surface area contributed by atoms with E-state index in [0.29, 0.717) is 0 Å². The van der Waals surface area contributed by atoms with Crippen LogP contribution in [0.5, 0.6) is 0 Å². The molecule has 0 aliphatic carbocycles. The Labute approximate surface area is 100 Å². The summed E-state index contributed by atoms with van der Waals surface area (Å²) >= 11 is 0. The van der Waals surface area contributed by atoms with Crippen LogP contribution < -0.4 is 5.56 Å². The molecule has 3 atom stereocenters. The Morgan fingerprint density at radius 2 is 2.44 bits per heavy atom. The third-order valence-corrected chi connectivity index (χ3v) is 2.97.